The van der Waals surface area contributed by atoms with Gasteiger partial charge in [-0.1, -0.05) is 0 Å². The van der Waals surface area contributed by atoms with E-state index in [1.54, 1.807) is 14.2 Å². The molecule has 1 aromatic heterocycles. The van der Waals surface area contributed by atoms with Crippen molar-refractivity contribution in [2.45, 2.75) is 12.6 Å². The summed E-state index contributed by atoms with van der Waals surface area (Å²) in [5.74, 6) is 1.66. The lowest BCUT2D eigenvalue weighted by molar-refractivity contribution is 0.153. The molecular weight excluding hydrogens is 326 g/mol. The van der Waals surface area contributed by atoms with Gasteiger partial charge in [0.2, 0.25) is 0 Å². The van der Waals surface area contributed by atoms with Crippen LogP contribution in [0.1, 0.15) is 17.2 Å². The largest absolute Gasteiger partial charge is 0.497 e. The quantitative estimate of drug-likeness (QED) is 0.899. The first kappa shape index (κ1) is 18.5. The molecule has 24 heavy (non-hydrogen) atoms. The maximum absolute atomic E-state index is 5.38. The number of ether oxygens (including phenoxy) is 2. The van der Waals surface area contributed by atoms with Crippen LogP contribution in [0.3, 0.4) is 0 Å². The van der Waals surface area contributed by atoms with E-state index in [9.17, 15) is 0 Å². The minimum Gasteiger partial charge on any atom is -0.497 e. The highest BCUT2D eigenvalue weighted by Gasteiger charge is 2.24. The molecule has 1 unspecified atom stereocenters. The number of hydrogen-bond donors (Lipinski definition) is 1. The van der Waals surface area contributed by atoms with E-state index in [-0.39, 0.29) is 12.4 Å². The number of halogens is 1. The highest BCUT2D eigenvalue weighted by molar-refractivity contribution is 5.85. The number of nitrogens with one attached hydrogen (secondary N) is 1. The average molecular weight is 350 g/mol. The fraction of sp³-hybridized carbons (Fsp3) is 0.389. The maximum Gasteiger partial charge on any atom is 0.122 e. The molecule has 0 amide bonds. The fourth-order valence-electron chi connectivity index (χ4n) is 3.04. The molecule has 130 valence electrons. The Morgan fingerprint density at radius 3 is 2.42 bits per heavy atom. The maximum atomic E-state index is 5.38. The summed E-state index contributed by atoms with van der Waals surface area (Å²) in [4.78, 5) is 6.61. The van der Waals surface area contributed by atoms with Gasteiger partial charge < -0.3 is 14.8 Å². The molecule has 5 nitrogen and oxygen atoms in total. The van der Waals surface area contributed by atoms with Crippen molar-refractivity contribution in [1.82, 2.24) is 15.2 Å². The van der Waals surface area contributed by atoms with Crippen LogP contribution < -0.4 is 14.8 Å². The standard InChI is InChI=1S/C18H23N3O2.ClH/c1-22-16-9-14(10-17(11-16)23-2)13-21-8-7-20-12-18(21)15-3-5-19-6-4-15;/h3-6,9-11,18,20H,7-8,12-13H2,1-2H3;1H. The molecule has 1 aliphatic rings. The van der Waals surface area contributed by atoms with Crippen molar-refractivity contribution in [2.24, 2.45) is 0 Å². The van der Waals surface area contributed by atoms with Gasteiger partial charge in [0.1, 0.15) is 11.5 Å². The monoisotopic (exact) mass is 349 g/mol. The van der Waals surface area contributed by atoms with Gasteiger partial charge in [-0.05, 0) is 35.4 Å². The molecule has 2 heterocycles. The van der Waals surface area contributed by atoms with Gasteiger partial charge in [-0.2, -0.15) is 0 Å². The third kappa shape index (κ3) is 4.38. The van der Waals surface area contributed by atoms with Crippen LogP contribution in [0.4, 0.5) is 0 Å². The molecule has 3 rings (SSSR count). The smallest absolute Gasteiger partial charge is 0.122 e. The van der Waals surface area contributed by atoms with Crippen molar-refractivity contribution in [3.8, 4) is 11.5 Å². The molecule has 1 aliphatic heterocycles. The molecule has 1 atom stereocenters. The van der Waals surface area contributed by atoms with Crippen molar-refractivity contribution in [2.75, 3.05) is 33.9 Å². The lowest BCUT2D eigenvalue weighted by Crippen LogP contribution is -2.45. The van der Waals surface area contributed by atoms with Crippen LogP contribution in [0, 0.1) is 0 Å². The molecule has 1 saturated heterocycles. The Bertz CT molecular complexity index is 617. The second-order valence-corrected chi connectivity index (χ2v) is 5.69. The van der Waals surface area contributed by atoms with E-state index in [4.69, 9.17) is 9.47 Å². The molecule has 1 N–H and O–H groups in total. The zero-order chi connectivity index (χ0) is 16.1. The van der Waals surface area contributed by atoms with Crippen molar-refractivity contribution in [3.05, 3.63) is 53.9 Å². The summed E-state index contributed by atoms with van der Waals surface area (Å²) in [6.07, 6.45) is 3.72. The number of piperazine rings is 1. The average Bonchev–Trinajstić information content (AvgIpc) is 2.62. The van der Waals surface area contributed by atoms with Crippen LogP contribution in [-0.2, 0) is 6.54 Å². The minimum atomic E-state index is 0. The van der Waals surface area contributed by atoms with E-state index in [1.165, 1.54) is 11.1 Å². The Labute approximate surface area is 149 Å². The van der Waals surface area contributed by atoms with Gasteiger partial charge in [-0.15, -0.1) is 12.4 Å². The molecule has 0 saturated carbocycles. The molecule has 0 bridgehead atoms. The van der Waals surface area contributed by atoms with Gasteiger partial charge in [0.25, 0.3) is 0 Å². The van der Waals surface area contributed by atoms with Crippen molar-refractivity contribution >= 4 is 12.4 Å². The zero-order valence-electron chi connectivity index (χ0n) is 14.1. The molecule has 0 aliphatic carbocycles. The van der Waals surface area contributed by atoms with Gasteiger partial charge >= 0.3 is 0 Å². The summed E-state index contributed by atoms with van der Waals surface area (Å²) < 4.78 is 10.8. The number of nitrogens with zero attached hydrogens (tertiary/aromatic N) is 2. The Morgan fingerprint density at radius 1 is 1.12 bits per heavy atom. The van der Waals surface area contributed by atoms with Crippen LogP contribution in [0.25, 0.3) is 0 Å². The normalized spacial score (nSPS) is 17.8. The predicted octanol–water partition coefficient (Wildman–Crippen LogP) is 2.67. The Kier molecular flexibility index (Phi) is 6.85. The van der Waals surface area contributed by atoms with Crippen LogP contribution in [0.2, 0.25) is 0 Å². The van der Waals surface area contributed by atoms with Gasteiger partial charge in [0, 0.05) is 50.7 Å². The zero-order valence-corrected chi connectivity index (χ0v) is 14.9. The number of benzene rings is 1. The highest BCUT2D eigenvalue weighted by Crippen LogP contribution is 2.27. The minimum absolute atomic E-state index is 0. The molecular formula is C18H24ClN3O2. The van der Waals surface area contributed by atoms with Gasteiger partial charge in [0.05, 0.1) is 14.2 Å². The topological polar surface area (TPSA) is 46.6 Å². The lowest BCUT2D eigenvalue weighted by Gasteiger charge is -2.36. The summed E-state index contributed by atoms with van der Waals surface area (Å²) in [6, 6.07) is 10.6. The molecule has 1 fully saturated rings. The summed E-state index contributed by atoms with van der Waals surface area (Å²) >= 11 is 0. The number of aromatic nitrogens is 1. The van der Waals surface area contributed by atoms with Crippen LogP contribution >= 0.6 is 12.4 Å². The van der Waals surface area contributed by atoms with E-state index in [1.807, 2.05) is 18.5 Å². The van der Waals surface area contributed by atoms with Crippen molar-refractivity contribution in [3.63, 3.8) is 0 Å². The fourth-order valence-corrected chi connectivity index (χ4v) is 3.04. The molecule has 0 radical (unpaired) electrons. The Morgan fingerprint density at radius 2 is 1.79 bits per heavy atom. The molecule has 2 aromatic rings. The van der Waals surface area contributed by atoms with Crippen molar-refractivity contribution in [1.29, 1.82) is 0 Å². The van der Waals surface area contributed by atoms with Crippen molar-refractivity contribution < 1.29 is 9.47 Å². The number of rotatable bonds is 5. The molecule has 1 aromatic carbocycles. The van der Waals surface area contributed by atoms with Crippen LogP contribution in [0.15, 0.2) is 42.7 Å². The number of hydrogen-bond acceptors (Lipinski definition) is 5. The summed E-state index contributed by atoms with van der Waals surface area (Å²) in [7, 11) is 3.37. The van der Waals surface area contributed by atoms with Gasteiger partial charge in [-0.3, -0.25) is 9.88 Å². The second kappa shape index (κ2) is 8.87. The van der Waals surface area contributed by atoms with Crippen LogP contribution in [0.5, 0.6) is 11.5 Å². The highest BCUT2D eigenvalue weighted by atomic mass is 35.5. The lowest BCUT2D eigenvalue weighted by atomic mass is 10.0. The van der Waals surface area contributed by atoms with E-state index in [2.05, 4.69) is 39.5 Å². The molecule has 0 spiro atoms. The van der Waals surface area contributed by atoms with Crippen LogP contribution in [-0.4, -0.2) is 43.7 Å². The first-order valence-corrected chi connectivity index (χ1v) is 7.87. The van der Waals surface area contributed by atoms with E-state index >= 15 is 0 Å². The number of pyridine rings is 1. The first-order valence-electron chi connectivity index (χ1n) is 7.87. The van der Waals surface area contributed by atoms with E-state index in [0.717, 1.165) is 37.7 Å². The summed E-state index contributed by atoms with van der Waals surface area (Å²) in [5.41, 5.74) is 2.49. The van der Waals surface area contributed by atoms with E-state index < -0.39 is 0 Å². The van der Waals surface area contributed by atoms with Gasteiger partial charge in [0.15, 0.2) is 0 Å². The second-order valence-electron chi connectivity index (χ2n) is 5.69. The summed E-state index contributed by atoms with van der Waals surface area (Å²) in [5, 5.41) is 3.48. The first-order chi connectivity index (χ1) is 11.3. The third-order valence-corrected chi connectivity index (χ3v) is 4.24. The molecule has 6 heteroatoms. The SMILES string of the molecule is COc1cc(CN2CCNCC2c2ccncc2)cc(OC)c1.Cl. The van der Waals surface area contributed by atoms with E-state index in [0.29, 0.717) is 6.04 Å². The predicted molar refractivity (Wildman–Crippen MR) is 97.1 cm³/mol. The Hall–Kier alpha value is -1.82. The third-order valence-electron chi connectivity index (χ3n) is 4.24. The van der Waals surface area contributed by atoms with Gasteiger partial charge in [-0.25, -0.2) is 0 Å². The Balaban J connectivity index is 0.00000208. The summed E-state index contributed by atoms with van der Waals surface area (Å²) in [6.45, 7) is 3.82. The number of methoxy groups -OCH3 is 2.